The minimum absolute atomic E-state index is 0.189. The maximum atomic E-state index is 10.7. The van der Waals surface area contributed by atoms with Gasteiger partial charge in [0.25, 0.3) is 0 Å². The van der Waals surface area contributed by atoms with Crippen molar-refractivity contribution in [1.82, 2.24) is 10.1 Å². The monoisotopic (exact) mass is 360 g/mol. The molecule has 0 saturated heterocycles. The van der Waals surface area contributed by atoms with E-state index in [1.165, 1.54) is 6.39 Å². The summed E-state index contributed by atoms with van der Waals surface area (Å²) in [5.74, 6) is 1.03. The Morgan fingerprint density at radius 3 is 2.59 bits per heavy atom. The molecule has 2 aromatic rings. The van der Waals surface area contributed by atoms with E-state index in [4.69, 9.17) is 4.74 Å². The van der Waals surface area contributed by atoms with Crippen molar-refractivity contribution in [3.05, 3.63) is 38.9 Å². The Hall–Kier alpha value is -1.21. The highest BCUT2D eigenvalue weighted by atomic mass is 79.9. The molecular formula is C10H6Br2N2O3. The summed E-state index contributed by atoms with van der Waals surface area (Å²) in [6, 6.07) is 3.34. The predicted octanol–water partition coefficient (Wildman–Crippen LogP) is 2.99. The normalized spacial score (nSPS) is 10.2. The van der Waals surface area contributed by atoms with E-state index in [1.54, 1.807) is 12.1 Å². The predicted molar refractivity (Wildman–Crippen MR) is 65.9 cm³/mol. The van der Waals surface area contributed by atoms with Crippen LogP contribution in [-0.2, 0) is 6.61 Å². The maximum Gasteiger partial charge on any atom is 0.213 e. The van der Waals surface area contributed by atoms with Crippen LogP contribution >= 0.6 is 31.9 Å². The van der Waals surface area contributed by atoms with Crippen LogP contribution in [-0.4, -0.2) is 16.4 Å². The van der Waals surface area contributed by atoms with Crippen molar-refractivity contribution in [2.24, 2.45) is 0 Å². The lowest BCUT2D eigenvalue weighted by atomic mass is 10.2. The second-order valence-electron chi connectivity index (χ2n) is 3.07. The van der Waals surface area contributed by atoms with Gasteiger partial charge in [-0.05, 0) is 44.0 Å². The van der Waals surface area contributed by atoms with Gasteiger partial charge in [-0.2, -0.15) is 4.98 Å². The highest BCUT2D eigenvalue weighted by Gasteiger charge is 2.10. The van der Waals surface area contributed by atoms with Crippen molar-refractivity contribution in [2.45, 2.75) is 6.61 Å². The molecule has 5 nitrogen and oxygen atoms in total. The van der Waals surface area contributed by atoms with Gasteiger partial charge in [-0.15, -0.1) is 0 Å². The van der Waals surface area contributed by atoms with Crippen molar-refractivity contribution >= 4 is 38.1 Å². The van der Waals surface area contributed by atoms with Crippen molar-refractivity contribution in [1.29, 1.82) is 0 Å². The Morgan fingerprint density at radius 1 is 1.35 bits per heavy atom. The zero-order valence-corrected chi connectivity index (χ0v) is 11.6. The first-order valence-corrected chi connectivity index (χ1v) is 6.11. The quantitative estimate of drug-likeness (QED) is 0.783. The van der Waals surface area contributed by atoms with Crippen molar-refractivity contribution in [2.75, 3.05) is 0 Å². The van der Waals surface area contributed by atoms with Crippen LogP contribution in [0.5, 0.6) is 5.75 Å². The van der Waals surface area contributed by atoms with Gasteiger partial charge >= 0.3 is 0 Å². The standard InChI is InChI=1S/C10H6Br2N2O3/c11-7-1-6(3-15)2-8(12)10(7)16-4-9-13-5-17-14-9/h1-3,5H,4H2. The summed E-state index contributed by atoms with van der Waals surface area (Å²) in [5.41, 5.74) is 0.552. The number of aldehydes is 1. The number of carbonyl (C=O) groups excluding carboxylic acids is 1. The molecule has 0 unspecified atom stereocenters. The third kappa shape index (κ3) is 2.92. The van der Waals surface area contributed by atoms with Crippen LogP contribution in [0, 0.1) is 0 Å². The van der Waals surface area contributed by atoms with Crippen LogP contribution in [0.25, 0.3) is 0 Å². The van der Waals surface area contributed by atoms with E-state index in [0.29, 0.717) is 26.1 Å². The molecule has 0 saturated carbocycles. The van der Waals surface area contributed by atoms with Gasteiger partial charge in [-0.3, -0.25) is 4.79 Å². The fourth-order valence-corrected chi connectivity index (χ4v) is 2.63. The minimum Gasteiger partial charge on any atom is -0.483 e. The van der Waals surface area contributed by atoms with Crippen LogP contribution < -0.4 is 4.74 Å². The Balaban J connectivity index is 2.18. The summed E-state index contributed by atoms with van der Waals surface area (Å²) in [7, 11) is 0. The second kappa shape index (κ2) is 5.42. The minimum atomic E-state index is 0.189. The summed E-state index contributed by atoms with van der Waals surface area (Å²) in [6.07, 6.45) is 2.00. The molecule has 0 spiro atoms. The zero-order valence-electron chi connectivity index (χ0n) is 8.39. The smallest absolute Gasteiger partial charge is 0.213 e. The lowest BCUT2D eigenvalue weighted by Gasteiger charge is -2.08. The third-order valence-electron chi connectivity index (χ3n) is 1.91. The third-order valence-corrected chi connectivity index (χ3v) is 3.09. The van der Waals surface area contributed by atoms with Crippen molar-refractivity contribution in [3.63, 3.8) is 0 Å². The summed E-state index contributed by atoms with van der Waals surface area (Å²) in [4.78, 5) is 14.5. The van der Waals surface area contributed by atoms with Crippen LogP contribution in [0.15, 0.2) is 32.0 Å². The Labute approximate surface area is 113 Å². The lowest BCUT2D eigenvalue weighted by Crippen LogP contribution is -1.99. The van der Waals surface area contributed by atoms with Crippen LogP contribution in [0.2, 0.25) is 0 Å². The topological polar surface area (TPSA) is 65.2 Å². The van der Waals surface area contributed by atoms with E-state index in [1.807, 2.05) is 0 Å². The fourth-order valence-electron chi connectivity index (χ4n) is 1.18. The van der Waals surface area contributed by atoms with Gasteiger partial charge in [0.05, 0.1) is 8.95 Å². The molecule has 0 amide bonds. The number of ether oxygens (including phenoxy) is 1. The van der Waals surface area contributed by atoms with Crippen LogP contribution in [0.4, 0.5) is 0 Å². The molecule has 0 N–H and O–H groups in total. The summed E-state index contributed by atoms with van der Waals surface area (Å²) in [6.45, 7) is 0.189. The summed E-state index contributed by atoms with van der Waals surface area (Å²) in [5, 5.41) is 3.63. The molecule has 1 aromatic carbocycles. The average Bonchev–Trinajstić information content (AvgIpc) is 2.80. The van der Waals surface area contributed by atoms with E-state index in [2.05, 4.69) is 46.5 Å². The number of benzene rings is 1. The highest BCUT2D eigenvalue weighted by molar-refractivity contribution is 9.11. The number of hydrogen-bond donors (Lipinski definition) is 0. The molecule has 0 aliphatic carbocycles. The number of halogens is 2. The van der Waals surface area contributed by atoms with E-state index in [9.17, 15) is 4.79 Å². The van der Waals surface area contributed by atoms with Crippen LogP contribution in [0.1, 0.15) is 16.2 Å². The number of carbonyl (C=O) groups is 1. The fraction of sp³-hybridized carbons (Fsp3) is 0.100. The molecule has 88 valence electrons. The lowest BCUT2D eigenvalue weighted by molar-refractivity contribution is 0.112. The highest BCUT2D eigenvalue weighted by Crippen LogP contribution is 2.34. The van der Waals surface area contributed by atoms with Gasteiger partial charge in [-0.25, -0.2) is 0 Å². The first-order valence-electron chi connectivity index (χ1n) is 4.53. The second-order valence-corrected chi connectivity index (χ2v) is 4.78. The Bertz CT molecular complexity index is 505. The molecule has 17 heavy (non-hydrogen) atoms. The van der Waals surface area contributed by atoms with Gasteiger partial charge in [0.2, 0.25) is 12.2 Å². The molecule has 1 aromatic heterocycles. The van der Waals surface area contributed by atoms with E-state index >= 15 is 0 Å². The molecule has 0 fully saturated rings. The Morgan fingerprint density at radius 2 is 2.06 bits per heavy atom. The molecule has 0 aliphatic rings. The van der Waals surface area contributed by atoms with Crippen LogP contribution in [0.3, 0.4) is 0 Å². The van der Waals surface area contributed by atoms with Gasteiger partial charge in [-0.1, -0.05) is 5.16 Å². The summed E-state index contributed by atoms with van der Waals surface area (Å²) >= 11 is 6.65. The van der Waals surface area contributed by atoms with Gasteiger partial charge in [0.1, 0.15) is 12.0 Å². The molecule has 0 atom stereocenters. The molecule has 2 rings (SSSR count). The molecule has 0 bridgehead atoms. The first kappa shape index (κ1) is 12.3. The molecule has 1 heterocycles. The largest absolute Gasteiger partial charge is 0.483 e. The maximum absolute atomic E-state index is 10.7. The first-order chi connectivity index (χ1) is 8.20. The Kier molecular flexibility index (Phi) is 3.90. The number of aromatic nitrogens is 2. The van der Waals surface area contributed by atoms with E-state index in [-0.39, 0.29) is 6.61 Å². The molecule has 7 heteroatoms. The number of nitrogens with zero attached hydrogens (tertiary/aromatic N) is 2. The van der Waals surface area contributed by atoms with E-state index < -0.39 is 0 Å². The van der Waals surface area contributed by atoms with Gasteiger partial charge in [0, 0.05) is 5.56 Å². The summed E-state index contributed by atoms with van der Waals surface area (Å²) < 4.78 is 11.5. The van der Waals surface area contributed by atoms with Gasteiger partial charge in [0.15, 0.2) is 6.61 Å². The SMILES string of the molecule is O=Cc1cc(Br)c(OCc2ncon2)c(Br)c1. The molecular weight excluding hydrogens is 356 g/mol. The average molecular weight is 362 g/mol. The molecule has 0 aliphatic heterocycles. The van der Waals surface area contributed by atoms with Crippen molar-refractivity contribution < 1.29 is 14.1 Å². The number of hydrogen-bond acceptors (Lipinski definition) is 5. The van der Waals surface area contributed by atoms with Gasteiger partial charge < -0.3 is 9.26 Å². The molecule has 0 radical (unpaired) electrons. The van der Waals surface area contributed by atoms with Crippen molar-refractivity contribution in [3.8, 4) is 5.75 Å². The number of rotatable bonds is 4. The zero-order chi connectivity index (χ0) is 12.3. The van der Waals surface area contributed by atoms with E-state index in [0.717, 1.165) is 6.29 Å².